The molecule has 0 aromatic heterocycles. The van der Waals surface area contributed by atoms with Crippen molar-refractivity contribution in [1.29, 1.82) is 5.26 Å². The third kappa shape index (κ3) is 3.83. The number of halogens is 4. The number of hydrogen-bond acceptors (Lipinski definition) is 3. The number of hydrogen-bond donors (Lipinski definition) is 1. The second-order valence-electron chi connectivity index (χ2n) is 3.74. The Kier molecular flexibility index (Phi) is 5.57. The van der Waals surface area contributed by atoms with E-state index in [1.54, 1.807) is 6.07 Å². The molecule has 1 unspecified atom stereocenters. The van der Waals surface area contributed by atoms with Crippen LogP contribution < -0.4 is 10.1 Å². The molecule has 1 atom stereocenters. The molecule has 0 heterocycles. The van der Waals surface area contributed by atoms with Gasteiger partial charge >= 0.3 is 0 Å². The Bertz CT molecular complexity index is 461. The number of rotatable bonds is 6. The predicted octanol–water partition coefficient (Wildman–Crippen LogP) is 2.51. The van der Waals surface area contributed by atoms with Crippen molar-refractivity contribution in [3.05, 3.63) is 29.3 Å². The molecule has 0 radical (unpaired) electrons. The van der Waals surface area contributed by atoms with Gasteiger partial charge in [-0.1, -0.05) is 6.92 Å². The Morgan fingerprint density at radius 3 is 2.32 bits per heavy atom. The van der Waals surface area contributed by atoms with E-state index in [1.165, 1.54) is 0 Å². The summed E-state index contributed by atoms with van der Waals surface area (Å²) in [6, 6.07) is 1.07. The number of nitrogens with one attached hydrogen (secondary N) is 1. The number of benzene rings is 1. The van der Waals surface area contributed by atoms with Crippen molar-refractivity contribution in [2.45, 2.75) is 19.4 Å². The molecule has 0 spiro atoms. The van der Waals surface area contributed by atoms with Gasteiger partial charge in [0.05, 0.1) is 6.07 Å². The maximum absolute atomic E-state index is 13.2. The van der Waals surface area contributed by atoms with Crippen LogP contribution in [0.5, 0.6) is 5.75 Å². The molecule has 0 saturated carbocycles. The lowest BCUT2D eigenvalue weighted by atomic mass is 10.3. The summed E-state index contributed by atoms with van der Waals surface area (Å²) in [7, 11) is 0. The predicted molar refractivity (Wildman–Crippen MR) is 59.5 cm³/mol. The van der Waals surface area contributed by atoms with Gasteiger partial charge in [0.15, 0.2) is 17.4 Å². The molecule has 104 valence electrons. The highest BCUT2D eigenvalue weighted by Gasteiger charge is 2.21. The van der Waals surface area contributed by atoms with Crippen molar-refractivity contribution in [3.63, 3.8) is 0 Å². The van der Waals surface area contributed by atoms with Crippen LogP contribution in [-0.4, -0.2) is 19.2 Å². The Balaban J connectivity index is 2.80. The first kappa shape index (κ1) is 15.2. The normalized spacial score (nSPS) is 12.0. The van der Waals surface area contributed by atoms with E-state index in [9.17, 15) is 17.6 Å². The van der Waals surface area contributed by atoms with E-state index in [4.69, 9.17) is 5.26 Å². The van der Waals surface area contributed by atoms with Gasteiger partial charge in [-0.15, -0.1) is 0 Å². The van der Waals surface area contributed by atoms with Crippen LogP contribution in [0.1, 0.15) is 13.3 Å². The summed E-state index contributed by atoms with van der Waals surface area (Å²) in [5.41, 5.74) is 0. The van der Waals surface area contributed by atoms with Gasteiger partial charge in [-0.3, -0.25) is 5.32 Å². The molecule has 1 aromatic rings. The first-order valence-corrected chi connectivity index (χ1v) is 5.60. The third-order valence-electron chi connectivity index (χ3n) is 2.26. The molecular formula is C12H12F4N2O. The molecule has 0 aliphatic rings. The summed E-state index contributed by atoms with van der Waals surface area (Å²) in [6.07, 6.45) is 0.746. The van der Waals surface area contributed by atoms with Crippen LogP contribution in [0.15, 0.2) is 6.07 Å². The molecule has 3 nitrogen and oxygen atoms in total. The zero-order chi connectivity index (χ0) is 14.4. The van der Waals surface area contributed by atoms with E-state index in [1.807, 2.05) is 6.92 Å². The highest BCUT2D eigenvalue weighted by atomic mass is 19.2. The Labute approximate surface area is 107 Å². The number of ether oxygens (including phenoxy) is 1. The lowest BCUT2D eigenvalue weighted by Gasteiger charge is -2.13. The number of nitriles is 1. The van der Waals surface area contributed by atoms with Crippen LogP contribution in [0.25, 0.3) is 0 Å². The largest absolute Gasteiger partial charge is 0.485 e. The SMILES string of the molecule is CCCNC(C#N)COc1c(F)c(F)cc(F)c1F. The van der Waals surface area contributed by atoms with Crippen molar-refractivity contribution in [2.24, 2.45) is 0 Å². The maximum Gasteiger partial charge on any atom is 0.203 e. The van der Waals surface area contributed by atoms with Gasteiger partial charge in [-0.25, -0.2) is 8.78 Å². The van der Waals surface area contributed by atoms with Gasteiger partial charge in [0.2, 0.25) is 11.6 Å². The fourth-order valence-corrected chi connectivity index (χ4v) is 1.31. The van der Waals surface area contributed by atoms with Crippen LogP contribution in [0.3, 0.4) is 0 Å². The average molecular weight is 276 g/mol. The summed E-state index contributed by atoms with van der Waals surface area (Å²) in [5, 5.41) is 11.5. The molecular weight excluding hydrogens is 264 g/mol. The molecule has 0 amide bonds. The standard InChI is InChI=1S/C12H12F4N2O/c1-2-3-18-7(5-17)6-19-12-10(15)8(13)4-9(14)11(12)16/h4,7,18H,2-3,6H2,1H3. The van der Waals surface area contributed by atoms with E-state index < -0.39 is 41.7 Å². The highest BCUT2D eigenvalue weighted by molar-refractivity contribution is 5.28. The summed E-state index contributed by atoms with van der Waals surface area (Å²) in [5.74, 6) is -7.50. The summed E-state index contributed by atoms with van der Waals surface area (Å²) in [6.45, 7) is 1.95. The summed E-state index contributed by atoms with van der Waals surface area (Å²) < 4.78 is 56.9. The average Bonchev–Trinajstić information content (AvgIpc) is 2.40. The van der Waals surface area contributed by atoms with Gasteiger partial charge < -0.3 is 4.74 Å². The third-order valence-corrected chi connectivity index (χ3v) is 2.26. The molecule has 7 heteroatoms. The van der Waals surface area contributed by atoms with Crippen molar-refractivity contribution >= 4 is 0 Å². The highest BCUT2D eigenvalue weighted by Crippen LogP contribution is 2.26. The van der Waals surface area contributed by atoms with Gasteiger partial charge in [0.25, 0.3) is 0 Å². The van der Waals surface area contributed by atoms with Crippen molar-refractivity contribution in [2.75, 3.05) is 13.2 Å². The minimum Gasteiger partial charge on any atom is -0.485 e. The van der Waals surface area contributed by atoms with E-state index in [-0.39, 0.29) is 6.07 Å². The minimum atomic E-state index is -1.62. The molecule has 0 fully saturated rings. The molecule has 1 N–H and O–H groups in total. The molecule has 0 aliphatic carbocycles. The van der Waals surface area contributed by atoms with E-state index >= 15 is 0 Å². The van der Waals surface area contributed by atoms with Gasteiger partial charge in [0.1, 0.15) is 12.6 Å². The Hall–Kier alpha value is -1.81. The van der Waals surface area contributed by atoms with Gasteiger partial charge in [0, 0.05) is 6.07 Å². The van der Waals surface area contributed by atoms with Crippen LogP contribution >= 0.6 is 0 Å². The van der Waals surface area contributed by atoms with Crippen molar-refractivity contribution in [1.82, 2.24) is 5.32 Å². The number of nitrogens with zero attached hydrogens (tertiary/aromatic N) is 1. The zero-order valence-corrected chi connectivity index (χ0v) is 10.1. The topological polar surface area (TPSA) is 45.0 Å². The van der Waals surface area contributed by atoms with Crippen molar-refractivity contribution in [3.8, 4) is 11.8 Å². The van der Waals surface area contributed by atoms with Crippen LogP contribution in [0.4, 0.5) is 17.6 Å². The van der Waals surface area contributed by atoms with Crippen LogP contribution in [0, 0.1) is 34.6 Å². The summed E-state index contributed by atoms with van der Waals surface area (Å²) >= 11 is 0. The van der Waals surface area contributed by atoms with E-state index in [0.717, 1.165) is 6.42 Å². The molecule has 1 rings (SSSR count). The second-order valence-corrected chi connectivity index (χ2v) is 3.74. The van der Waals surface area contributed by atoms with Crippen LogP contribution in [-0.2, 0) is 0 Å². The Morgan fingerprint density at radius 1 is 1.26 bits per heavy atom. The maximum atomic E-state index is 13.2. The first-order chi connectivity index (χ1) is 9.01. The van der Waals surface area contributed by atoms with Gasteiger partial charge in [-0.05, 0) is 13.0 Å². The lowest BCUT2D eigenvalue weighted by molar-refractivity contribution is 0.253. The fourth-order valence-electron chi connectivity index (χ4n) is 1.31. The molecule has 19 heavy (non-hydrogen) atoms. The lowest BCUT2D eigenvalue weighted by Crippen LogP contribution is -2.34. The smallest absolute Gasteiger partial charge is 0.203 e. The zero-order valence-electron chi connectivity index (χ0n) is 10.1. The molecule has 0 saturated heterocycles. The van der Waals surface area contributed by atoms with E-state index in [2.05, 4.69) is 10.1 Å². The van der Waals surface area contributed by atoms with Crippen LogP contribution in [0.2, 0.25) is 0 Å². The Morgan fingerprint density at radius 2 is 1.84 bits per heavy atom. The first-order valence-electron chi connectivity index (χ1n) is 5.60. The van der Waals surface area contributed by atoms with Crippen molar-refractivity contribution < 1.29 is 22.3 Å². The molecule has 0 aliphatic heterocycles. The summed E-state index contributed by atoms with van der Waals surface area (Å²) in [4.78, 5) is 0. The minimum absolute atomic E-state index is 0.0919. The fraction of sp³-hybridized carbons (Fsp3) is 0.417. The van der Waals surface area contributed by atoms with E-state index in [0.29, 0.717) is 6.54 Å². The van der Waals surface area contributed by atoms with Gasteiger partial charge in [-0.2, -0.15) is 14.0 Å². The molecule has 1 aromatic carbocycles. The monoisotopic (exact) mass is 276 g/mol. The quantitative estimate of drug-likeness (QED) is 0.641. The second kappa shape index (κ2) is 6.95. The molecule has 0 bridgehead atoms.